The molecule has 0 radical (unpaired) electrons. The number of esters is 1. The second kappa shape index (κ2) is 8.98. The van der Waals surface area contributed by atoms with Gasteiger partial charge in [0.15, 0.2) is 18.5 Å². The van der Waals surface area contributed by atoms with Gasteiger partial charge in [-0.1, -0.05) is 6.07 Å². The molecule has 2 aromatic carbocycles. The predicted molar refractivity (Wildman–Crippen MR) is 102 cm³/mol. The standard InChI is InChI=1S/C21H23NO5/c1-13-9-14(2)11-19(10-13)26-12-20(24)27-16(4)21(25)22-18-7-5-17(6-8-18)15(3)23/h5-11,16H,12H2,1-4H3,(H,22,25)/t16-/m1/s1. The number of nitrogens with one attached hydrogen (secondary N) is 1. The van der Waals surface area contributed by atoms with Crippen LogP contribution >= 0.6 is 0 Å². The van der Waals surface area contributed by atoms with Crippen molar-refractivity contribution in [2.45, 2.75) is 33.8 Å². The van der Waals surface area contributed by atoms with E-state index in [0.717, 1.165) is 11.1 Å². The maximum absolute atomic E-state index is 12.1. The minimum atomic E-state index is -0.979. The summed E-state index contributed by atoms with van der Waals surface area (Å²) in [6, 6.07) is 12.1. The molecule has 0 aliphatic carbocycles. The van der Waals surface area contributed by atoms with E-state index in [1.54, 1.807) is 24.3 Å². The summed E-state index contributed by atoms with van der Waals surface area (Å²) in [5, 5.41) is 2.63. The van der Waals surface area contributed by atoms with Gasteiger partial charge in [0.25, 0.3) is 5.91 Å². The summed E-state index contributed by atoms with van der Waals surface area (Å²) in [7, 11) is 0. The zero-order valence-electron chi connectivity index (χ0n) is 15.9. The predicted octanol–water partition coefficient (Wildman–Crippen LogP) is 3.46. The molecular formula is C21H23NO5. The third-order valence-electron chi connectivity index (χ3n) is 3.79. The van der Waals surface area contributed by atoms with Crippen LogP contribution in [0.1, 0.15) is 35.3 Å². The Morgan fingerprint density at radius 1 is 1.00 bits per heavy atom. The molecule has 2 aromatic rings. The van der Waals surface area contributed by atoms with E-state index < -0.39 is 18.0 Å². The third kappa shape index (κ3) is 6.26. The average molecular weight is 369 g/mol. The number of carbonyl (C=O) groups is 3. The molecular weight excluding hydrogens is 346 g/mol. The lowest BCUT2D eigenvalue weighted by atomic mass is 10.1. The van der Waals surface area contributed by atoms with Gasteiger partial charge in [-0.15, -0.1) is 0 Å². The molecule has 6 heteroatoms. The van der Waals surface area contributed by atoms with Crippen molar-refractivity contribution < 1.29 is 23.9 Å². The van der Waals surface area contributed by atoms with Crippen molar-refractivity contribution in [2.75, 3.05) is 11.9 Å². The lowest BCUT2D eigenvalue weighted by molar-refractivity contribution is -0.155. The summed E-state index contributed by atoms with van der Waals surface area (Å²) in [5.41, 5.74) is 3.12. The van der Waals surface area contributed by atoms with E-state index in [-0.39, 0.29) is 12.4 Å². The van der Waals surface area contributed by atoms with Crippen molar-refractivity contribution in [2.24, 2.45) is 0 Å². The topological polar surface area (TPSA) is 81.7 Å². The Morgan fingerprint density at radius 3 is 2.15 bits per heavy atom. The minimum Gasteiger partial charge on any atom is -0.482 e. The summed E-state index contributed by atoms with van der Waals surface area (Å²) in [6.07, 6.45) is -0.979. The normalized spacial score (nSPS) is 11.4. The van der Waals surface area contributed by atoms with Crippen molar-refractivity contribution in [3.63, 3.8) is 0 Å². The number of rotatable bonds is 7. The van der Waals surface area contributed by atoms with Crippen molar-refractivity contribution in [1.29, 1.82) is 0 Å². The Bertz CT molecular complexity index is 822. The molecule has 1 amide bonds. The summed E-state index contributed by atoms with van der Waals surface area (Å²) in [6.45, 7) is 6.54. The van der Waals surface area contributed by atoms with Crippen LogP contribution in [0.15, 0.2) is 42.5 Å². The van der Waals surface area contributed by atoms with Gasteiger partial charge in [-0.05, 0) is 75.2 Å². The second-order valence-electron chi connectivity index (χ2n) is 6.37. The summed E-state index contributed by atoms with van der Waals surface area (Å²) >= 11 is 0. The summed E-state index contributed by atoms with van der Waals surface area (Å²) in [5.74, 6) is -0.583. The molecule has 0 aromatic heterocycles. The number of amides is 1. The second-order valence-corrected chi connectivity index (χ2v) is 6.37. The third-order valence-corrected chi connectivity index (χ3v) is 3.79. The van der Waals surface area contributed by atoms with Gasteiger partial charge in [-0.25, -0.2) is 4.79 Å². The molecule has 0 aliphatic rings. The SMILES string of the molecule is CC(=O)c1ccc(NC(=O)[C@@H](C)OC(=O)COc2cc(C)cc(C)c2)cc1. The zero-order valence-corrected chi connectivity index (χ0v) is 15.9. The summed E-state index contributed by atoms with van der Waals surface area (Å²) < 4.78 is 10.5. The number of ketones is 1. The molecule has 0 bridgehead atoms. The first-order valence-electron chi connectivity index (χ1n) is 8.57. The molecule has 0 spiro atoms. The smallest absolute Gasteiger partial charge is 0.344 e. The fourth-order valence-corrected chi connectivity index (χ4v) is 2.48. The monoisotopic (exact) mass is 369 g/mol. The highest BCUT2D eigenvalue weighted by atomic mass is 16.6. The van der Waals surface area contributed by atoms with E-state index in [4.69, 9.17) is 9.47 Å². The molecule has 0 heterocycles. The number of Topliss-reactive ketones (excluding diaryl/α,β-unsaturated/α-hetero) is 1. The molecule has 1 N–H and O–H groups in total. The number of hydrogen-bond acceptors (Lipinski definition) is 5. The quantitative estimate of drug-likeness (QED) is 0.597. The number of anilines is 1. The van der Waals surface area contributed by atoms with Crippen LogP contribution in [0, 0.1) is 13.8 Å². The van der Waals surface area contributed by atoms with Crippen LogP contribution in [0.25, 0.3) is 0 Å². The fraction of sp³-hybridized carbons (Fsp3) is 0.286. The van der Waals surface area contributed by atoms with Gasteiger partial charge in [0.05, 0.1) is 0 Å². The Morgan fingerprint density at radius 2 is 1.59 bits per heavy atom. The van der Waals surface area contributed by atoms with E-state index >= 15 is 0 Å². The van der Waals surface area contributed by atoms with E-state index in [9.17, 15) is 14.4 Å². The van der Waals surface area contributed by atoms with Gasteiger partial charge in [0.2, 0.25) is 0 Å². The molecule has 0 saturated carbocycles. The Balaban J connectivity index is 1.84. The van der Waals surface area contributed by atoms with Crippen LogP contribution in [0.2, 0.25) is 0 Å². The molecule has 1 atom stereocenters. The number of ether oxygens (including phenoxy) is 2. The largest absolute Gasteiger partial charge is 0.482 e. The Labute approximate surface area is 158 Å². The van der Waals surface area contributed by atoms with Crippen molar-refractivity contribution in [3.8, 4) is 5.75 Å². The van der Waals surface area contributed by atoms with E-state index in [1.807, 2.05) is 32.0 Å². The molecule has 0 unspecified atom stereocenters. The Hall–Kier alpha value is -3.15. The van der Waals surface area contributed by atoms with Crippen molar-refractivity contribution in [3.05, 3.63) is 59.2 Å². The fourth-order valence-electron chi connectivity index (χ4n) is 2.48. The highest BCUT2D eigenvalue weighted by molar-refractivity contribution is 5.97. The van der Waals surface area contributed by atoms with Crippen LogP contribution < -0.4 is 10.1 Å². The molecule has 2 rings (SSSR count). The first-order chi connectivity index (χ1) is 12.7. The van der Waals surface area contributed by atoms with Gasteiger partial charge in [-0.2, -0.15) is 0 Å². The lowest BCUT2D eigenvalue weighted by Gasteiger charge is -2.14. The highest BCUT2D eigenvalue weighted by Gasteiger charge is 2.18. The van der Waals surface area contributed by atoms with Gasteiger partial charge in [-0.3, -0.25) is 9.59 Å². The van der Waals surface area contributed by atoms with E-state index in [0.29, 0.717) is 17.0 Å². The molecule has 142 valence electrons. The van der Waals surface area contributed by atoms with Gasteiger partial charge in [0.1, 0.15) is 5.75 Å². The molecule has 0 saturated heterocycles. The van der Waals surface area contributed by atoms with Crippen LogP contribution in [-0.2, 0) is 14.3 Å². The maximum Gasteiger partial charge on any atom is 0.344 e. The first kappa shape index (κ1) is 20.2. The lowest BCUT2D eigenvalue weighted by Crippen LogP contribution is -2.31. The maximum atomic E-state index is 12.1. The molecule has 0 fully saturated rings. The Kier molecular flexibility index (Phi) is 6.71. The minimum absolute atomic E-state index is 0.0565. The zero-order chi connectivity index (χ0) is 20.0. The van der Waals surface area contributed by atoms with Crippen molar-refractivity contribution in [1.82, 2.24) is 0 Å². The number of aryl methyl sites for hydroxylation is 2. The van der Waals surface area contributed by atoms with Gasteiger partial charge < -0.3 is 14.8 Å². The van der Waals surface area contributed by atoms with Gasteiger partial charge >= 0.3 is 5.97 Å². The van der Waals surface area contributed by atoms with Crippen LogP contribution in [0.5, 0.6) is 5.75 Å². The highest BCUT2D eigenvalue weighted by Crippen LogP contribution is 2.16. The molecule has 0 aliphatic heterocycles. The summed E-state index contributed by atoms with van der Waals surface area (Å²) in [4.78, 5) is 35.3. The van der Waals surface area contributed by atoms with Crippen LogP contribution in [0.4, 0.5) is 5.69 Å². The number of benzene rings is 2. The van der Waals surface area contributed by atoms with Crippen LogP contribution in [-0.4, -0.2) is 30.4 Å². The van der Waals surface area contributed by atoms with E-state index in [2.05, 4.69) is 5.32 Å². The molecule has 6 nitrogen and oxygen atoms in total. The first-order valence-corrected chi connectivity index (χ1v) is 8.57. The van der Waals surface area contributed by atoms with Crippen LogP contribution in [0.3, 0.4) is 0 Å². The average Bonchev–Trinajstić information content (AvgIpc) is 2.59. The molecule has 27 heavy (non-hydrogen) atoms. The van der Waals surface area contributed by atoms with Gasteiger partial charge in [0, 0.05) is 11.3 Å². The number of carbonyl (C=O) groups excluding carboxylic acids is 3. The van der Waals surface area contributed by atoms with E-state index in [1.165, 1.54) is 13.8 Å². The van der Waals surface area contributed by atoms with Crippen molar-refractivity contribution >= 4 is 23.3 Å². The number of hydrogen-bond donors (Lipinski definition) is 1.